The van der Waals surface area contributed by atoms with E-state index < -0.39 is 0 Å². The lowest BCUT2D eigenvalue weighted by Gasteiger charge is -2.06. The highest BCUT2D eigenvalue weighted by molar-refractivity contribution is 6.30. The Hall–Kier alpha value is -0.830. The van der Waals surface area contributed by atoms with Crippen molar-refractivity contribution in [2.24, 2.45) is 0 Å². The van der Waals surface area contributed by atoms with Gasteiger partial charge in [-0.1, -0.05) is 6.92 Å². The van der Waals surface area contributed by atoms with Gasteiger partial charge in [0.05, 0.1) is 5.56 Å². The minimum atomic E-state index is 0.376. The van der Waals surface area contributed by atoms with E-state index >= 15 is 0 Å². The summed E-state index contributed by atoms with van der Waals surface area (Å²) in [4.78, 5) is 3.82. The van der Waals surface area contributed by atoms with Crippen molar-refractivity contribution in [2.45, 2.75) is 25.7 Å². The van der Waals surface area contributed by atoms with Gasteiger partial charge in [0.1, 0.15) is 5.69 Å². The fourth-order valence-electron chi connectivity index (χ4n) is 1.71. The van der Waals surface area contributed by atoms with Crippen LogP contribution in [0.2, 0.25) is 5.15 Å². The van der Waals surface area contributed by atoms with Crippen molar-refractivity contribution >= 4 is 11.6 Å². The van der Waals surface area contributed by atoms with Crippen LogP contribution in [0.5, 0.6) is 0 Å². The van der Waals surface area contributed by atoms with Gasteiger partial charge in [-0.15, -0.1) is 0 Å². The maximum Gasteiger partial charge on any atom is 0.291 e. The van der Waals surface area contributed by atoms with Gasteiger partial charge in [-0.2, -0.15) is 0 Å². The topological polar surface area (TPSA) is 39.8 Å². The number of rotatable bonds is 0. The van der Waals surface area contributed by atoms with Crippen LogP contribution in [0.3, 0.4) is 0 Å². The second-order valence-electron chi connectivity index (χ2n) is 3.16. The smallest absolute Gasteiger partial charge is 0.291 e. The van der Waals surface area contributed by atoms with Gasteiger partial charge in [0, 0.05) is 6.42 Å². The van der Waals surface area contributed by atoms with E-state index in [4.69, 9.17) is 11.6 Å². The van der Waals surface area contributed by atoms with Crippen LogP contribution in [0.15, 0.2) is 6.33 Å². The zero-order valence-corrected chi connectivity index (χ0v) is 7.51. The molecule has 1 aliphatic rings. The van der Waals surface area contributed by atoms with E-state index in [0.29, 0.717) is 11.1 Å². The maximum atomic E-state index is 11.2. The first kappa shape index (κ1) is 7.80. The first-order valence-electron chi connectivity index (χ1n) is 3.96. The van der Waals surface area contributed by atoms with Crippen molar-refractivity contribution in [3.8, 4) is 0 Å². The molecule has 1 aromatic rings. The largest absolute Gasteiger partial charge is 0.711 e. The zero-order valence-electron chi connectivity index (χ0n) is 6.75. The highest BCUT2D eigenvalue weighted by atomic mass is 35.5. The molecule has 0 saturated heterocycles. The highest BCUT2D eigenvalue weighted by Gasteiger charge is 2.28. The second-order valence-corrected chi connectivity index (χ2v) is 3.52. The summed E-state index contributed by atoms with van der Waals surface area (Å²) in [6, 6.07) is 0. The Kier molecular flexibility index (Phi) is 1.68. The van der Waals surface area contributed by atoms with E-state index in [1.807, 2.05) is 0 Å². The molecule has 12 heavy (non-hydrogen) atoms. The molecule has 0 N–H and O–H groups in total. The van der Waals surface area contributed by atoms with Crippen LogP contribution in [0.1, 0.15) is 30.5 Å². The van der Waals surface area contributed by atoms with Gasteiger partial charge in [0.2, 0.25) is 5.15 Å². The minimum absolute atomic E-state index is 0.376. The molecule has 0 aliphatic heterocycles. The van der Waals surface area contributed by atoms with Crippen LogP contribution in [0.25, 0.3) is 0 Å². The molecule has 1 aromatic heterocycles. The maximum absolute atomic E-state index is 11.2. The van der Waals surface area contributed by atoms with Gasteiger partial charge < -0.3 is 5.21 Å². The summed E-state index contributed by atoms with van der Waals surface area (Å²) in [6.07, 6.45) is 3.06. The fourth-order valence-corrected chi connectivity index (χ4v) is 2.05. The average molecular weight is 185 g/mol. The summed E-state index contributed by atoms with van der Waals surface area (Å²) in [7, 11) is 0. The first-order chi connectivity index (χ1) is 5.70. The van der Waals surface area contributed by atoms with Gasteiger partial charge in [0.15, 0.2) is 0 Å². The van der Waals surface area contributed by atoms with Gasteiger partial charge in [-0.25, -0.2) is 4.73 Å². The van der Waals surface area contributed by atoms with Crippen molar-refractivity contribution < 1.29 is 4.73 Å². The van der Waals surface area contributed by atoms with Crippen molar-refractivity contribution in [3.63, 3.8) is 0 Å². The monoisotopic (exact) mass is 184 g/mol. The number of nitrogens with zero attached hydrogens (tertiary/aromatic N) is 2. The molecule has 0 fully saturated rings. The number of fused-ring (bicyclic) bond motifs is 1. The average Bonchev–Trinajstić information content (AvgIpc) is 2.42. The molecule has 0 unspecified atom stereocenters. The summed E-state index contributed by atoms with van der Waals surface area (Å²) in [5.41, 5.74) is 1.73. The van der Waals surface area contributed by atoms with E-state index in [9.17, 15) is 5.21 Å². The molecule has 2 rings (SSSR count). The number of halogens is 1. The summed E-state index contributed by atoms with van der Waals surface area (Å²) in [5, 5.41) is 11.7. The van der Waals surface area contributed by atoms with E-state index in [-0.39, 0.29) is 0 Å². The van der Waals surface area contributed by atoms with E-state index in [2.05, 4.69) is 11.9 Å². The molecule has 0 amide bonds. The van der Waals surface area contributed by atoms with E-state index in [1.165, 1.54) is 6.33 Å². The van der Waals surface area contributed by atoms with Crippen LogP contribution >= 0.6 is 11.6 Å². The predicted molar refractivity (Wildman–Crippen MR) is 44.9 cm³/mol. The van der Waals surface area contributed by atoms with Crippen molar-refractivity contribution in [1.82, 2.24) is 4.98 Å². The second kappa shape index (κ2) is 2.59. The zero-order chi connectivity index (χ0) is 8.72. The molecule has 1 atom stereocenters. The summed E-state index contributed by atoms with van der Waals surface area (Å²) < 4.78 is 0.824. The summed E-state index contributed by atoms with van der Waals surface area (Å²) >= 11 is 5.87. The molecule has 0 radical (unpaired) electrons. The van der Waals surface area contributed by atoms with Crippen LogP contribution < -0.4 is 4.73 Å². The van der Waals surface area contributed by atoms with Crippen LogP contribution in [-0.2, 0) is 6.42 Å². The molecule has 4 heteroatoms. The molecular formula is C8H9ClN2O. The Bertz CT molecular complexity index is 327. The van der Waals surface area contributed by atoms with Crippen LogP contribution in [0, 0.1) is 5.21 Å². The standard InChI is InChI=1S/C8H9ClN2O/c1-5-2-3-6-7(5)8(9)10-4-11(6)12/h4-5H,2-3H2,1H3/t5-/m1/s1. The van der Waals surface area contributed by atoms with E-state index in [1.54, 1.807) is 0 Å². The summed E-state index contributed by atoms with van der Waals surface area (Å²) in [6.45, 7) is 2.07. The highest BCUT2D eigenvalue weighted by Crippen LogP contribution is 2.34. The van der Waals surface area contributed by atoms with Crippen molar-refractivity contribution in [2.75, 3.05) is 0 Å². The van der Waals surface area contributed by atoms with Gasteiger partial charge in [0.25, 0.3) is 6.33 Å². The Balaban J connectivity index is 2.64. The molecule has 1 aliphatic carbocycles. The summed E-state index contributed by atoms with van der Waals surface area (Å²) in [5.74, 6) is 0.376. The third-order valence-electron chi connectivity index (χ3n) is 2.38. The number of hydrogen-bond donors (Lipinski definition) is 0. The molecule has 1 heterocycles. The van der Waals surface area contributed by atoms with Crippen LogP contribution in [0.4, 0.5) is 0 Å². The molecule has 0 bridgehead atoms. The lowest BCUT2D eigenvalue weighted by Crippen LogP contribution is -2.32. The molecule has 0 saturated carbocycles. The Morgan fingerprint density at radius 1 is 1.75 bits per heavy atom. The minimum Gasteiger partial charge on any atom is -0.711 e. The molecule has 3 nitrogen and oxygen atoms in total. The van der Waals surface area contributed by atoms with E-state index in [0.717, 1.165) is 28.8 Å². The molecule has 0 aromatic carbocycles. The normalized spacial score (nSPS) is 21.0. The predicted octanol–water partition coefficient (Wildman–Crippen LogP) is 1.42. The van der Waals surface area contributed by atoms with Crippen molar-refractivity contribution in [1.29, 1.82) is 0 Å². The van der Waals surface area contributed by atoms with Gasteiger partial charge in [-0.3, -0.25) is 0 Å². The lowest BCUT2D eigenvalue weighted by atomic mass is 10.1. The molecular weight excluding hydrogens is 176 g/mol. The first-order valence-corrected chi connectivity index (χ1v) is 4.34. The van der Waals surface area contributed by atoms with Crippen molar-refractivity contribution in [3.05, 3.63) is 27.9 Å². The fraction of sp³-hybridized carbons (Fsp3) is 0.500. The third-order valence-corrected chi connectivity index (χ3v) is 2.68. The Morgan fingerprint density at radius 2 is 2.50 bits per heavy atom. The SMILES string of the molecule is C[C@@H]1CCc2c1c(Cl)nc[n+]2[O-]. The van der Waals surface area contributed by atoms with Gasteiger partial charge in [-0.05, 0) is 28.9 Å². The lowest BCUT2D eigenvalue weighted by molar-refractivity contribution is -0.617. The Morgan fingerprint density at radius 3 is 3.17 bits per heavy atom. The third kappa shape index (κ3) is 0.966. The number of aromatic nitrogens is 2. The Labute approximate surface area is 75.6 Å². The quantitative estimate of drug-likeness (QED) is 0.348. The molecule has 64 valence electrons. The van der Waals surface area contributed by atoms with Crippen LogP contribution in [-0.4, -0.2) is 4.98 Å². The number of hydrogen-bond acceptors (Lipinski definition) is 2. The van der Waals surface area contributed by atoms with Gasteiger partial charge >= 0.3 is 0 Å². The molecule has 0 spiro atoms.